The van der Waals surface area contributed by atoms with Gasteiger partial charge in [0.15, 0.2) is 0 Å². The van der Waals surface area contributed by atoms with E-state index in [0.717, 1.165) is 33.0 Å². The van der Waals surface area contributed by atoms with Crippen molar-refractivity contribution in [2.24, 2.45) is 5.92 Å². The topological polar surface area (TPSA) is 88.2 Å². The normalized spacial score (nSPS) is 14.6. The van der Waals surface area contributed by atoms with Gasteiger partial charge in [0.25, 0.3) is 11.8 Å². The summed E-state index contributed by atoms with van der Waals surface area (Å²) in [4.78, 5) is 28.1. The fraction of sp³-hybridized carbons (Fsp3) is 0.200. The molecule has 1 aromatic heterocycles. The lowest BCUT2D eigenvalue weighted by Crippen LogP contribution is -2.42. The molecule has 0 saturated carbocycles. The van der Waals surface area contributed by atoms with E-state index in [-0.39, 0.29) is 17.7 Å². The van der Waals surface area contributed by atoms with Gasteiger partial charge in [-0.25, -0.2) is 4.68 Å². The molecule has 0 atom stereocenters. The van der Waals surface area contributed by atoms with Gasteiger partial charge in [-0.2, -0.15) is 10.4 Å². The average Bonchev–Trinajstić information content (AvgIpc) is 3.42. The van der Waals surface area contributed by atoms with Gasteiger partial charge in [-0.3, -0.25) is 14.5 Å². The van der Waals surface area contributed by atoms with Crippen molar-refractivity contribution in [1.29, 1.82) is 5.26 Å². The maximum Gasteiger partial charge on any atom is 0.271 e. The number of aromatic nitrogens is 2. The van der Waals surface area contributed by atoms with Crippen LogP contribution >= 0.6 is 0 Å². The van der Waals surface area contributed by atoms with Crippen molar-refractivity contribution in [1.82, 2.24) is 14.7 Å². The first-order valence-corrected chi connectivity index (χ1v) is 13.9. The van der Waals surface area contributed by atoms with Crippen LogP contribution in [0.2, 0.25) is 0 Å². The minimum Gasteiger partial charge on any atom is -0.493 e. The van der Waals surface area contributed by atoms with Crippen LogP contribution in [0.4, 0.5) is 0 Å². The Kier molecular flexibility index (Phi) is 8.16. The van der Waals surface area contributed by atoms with Crippen molar-refractivity contribution in [2.45, 2.75) is 34.2 Å². The molecule has 1 aliphatic heterocycles. The van der Waals surface area contributed by atoms with Crippen LogP contribution in [0.5, 0.6) is 5.75 Å². The first-order chi connectivity index (χ1) is 20.3. The van der Waals surface area contributed by atoms with Crippen LogP contribution in [0.25, 0.3) is 23.0 Å². The number of amides is 2. The number of carbonyl (C=O) groups is 2. The quantitative estimate of drug-likeness (QED) is 0.179. The zero-order chi connectivity index (χ0) is 29.8. The van der Waals surface area contributed by atoms with E-state index < -0.39 is 11.8 Å². The van der Waals surface area contributed by atoms with E-state index in [2.05, 4.69) is 13.8 Å². The number of para-hydroxylation sites is 1. The predicted molar refractivity (Wildman–Crippen MR) is 162 cm³/mol. The fourth-order valence-electron chi connectivity index (χ4n) is 4.84. The number of hydrogen-bond acceptors (Lipinski definition) is 5. The van der Waals surface area contributed by atoms with Gasteiger partial charge in [0.05, 0.1) is 24.5 Å². The van der Waals surface area contributed by atoms with Crippen LogP contribution < -0.4 is 4.74 Å². The molecular formula is C35H32N4O3. The minimum atomic E-state index is -0.589. The van der Waals surface area contributed by atoms with Crippen LogP contribution in [0.15, 0.2) is 102 Å². The number of nitrogens with zero attached hydrogens (tertiary/aromatic N) is 4. The molecule has 210 valence electrons. The molecule has 42 heavy (non-hydrogen) atoms. The summed E-state index contributed by atoms with van der Waals surface area (Å²) in [6, 6.07) is 26.9. The summed E-state index contributed by atoms with van der Waals surface area (Å²) in [6.07, 6.45) is 3.60. The summed E-state index contributed by atoms with van der Waals surface area (Å²) in [5.74, 6) is 0.172. The molecule has 0 bridgehead atoms. The second kappa shape index (κ2) is 12.1. The molecule has 0 radical (unpaired) electrons. The van der Waals surface area contributed by atoms with Crippen LogP contribution in [-0.2, 0) is 16.1 Å². The molecular weight excluding hydrogens is 524 g/mol. The van der Waals surface area contributed by atoms with Crippen molar-refractivity contribution in [3.05, 3.63) is 118 Å². The molecule has 2 heterocycles. The molecule has 1 aliphatic rings. The number of benzene rings is 3. The third-order valence-electron chi connectivity index (χ3n) is 7.09. The van der Waals surface area contributed by atoms with Crippen LogP contribution in [0.3, 0.4) is 0 Å². The average molecular weight is 557 g/mol. The Morgan fingerprint density at radius 2 is 1.64 bits per heavy atom. The van der Waals surface area contributed by atoms with Gasteiger partial charge in [-0.1, -0.05) is 62.4 Å². The monoisotopic (exact) mass is 556 g/mol. The zero-order valence-corrected chi connectivity index (χ0v) is 24.2. The summed E-state index contributed by atoms with van der Waals surface area (Å²) in [5.41, 5.74) is 5.41. The largest absolute Gasteiger partial charge is 0.493 e. The first kappa shape index (κ1) is 28.3. The van der Waals surface area contributed by atoms with Gasteiger partial charge in [0, 0.05) is 22.9 Å². The van der Waals surface area contributed by atoms with Crippen molar-refractivity contribution in [3.8, 4) is 28.8 Å². The Hall–Kier alpha value is -5.22. The molecule has 5 rings (SSSR count). The summed E-state index contributed by atoms with van der Waals surface area (Å²) < 4.78 is 7.75. The Labute approximate surface area is 246 Å². The number of nitriles is 1. The van der Waals surface area contributed by atoms with Gasteiger partial charge < -0.3 is 4.74 Å². The molecule has 0 unspecified atom stereocenters. The third kappa shape index (κ3) is 5.79. The minimum absolute atomic E-state index is 0.0451. The van der Waals surface area contributed by atoms with Gasteiger partial charge in [0.2, 0.25) is 0 Å². The SMILES string of the molecule is CC1=C(C#N)C(=O)N(Cc2ccccc2)C(=O)/C1=C/c1cn(-c2ccccc2)nc1-c1ccc(OCC(C)C)c(C)c1. The number of aryl methyl sites for hydroxylation is 1. The Bertz CT molecular complexity index is 1740. The van der Waals surface area contributed by atoms with Crippen LogP contribution in [0, 0.1) is 24.2 Å². The summed E-state index contributed by atoms with van der Waals surface area (Å²) in [7, 11) is 0. The van der Waals surface area contributed by atoms with Gasteiger partial charge >= 0.3 is 0 Å². The van der Waals surface area contributed by atoms with E-state index in [0.29, 0.717) is 29.4 Å². The number of ether oxygens (including phenoxy) is 1. The highest BCUT2D eigenvalue weighted by molar-refractivity contribution is 6.19. The van der Waals surface area contributed by atoms with Gasteiger partial charge in [0.1, 0.15) is 17.4 Å². The van der Waals surface area contributed by atoms with Crippen molar-refractivity contribution < 1.29 is 14.3 Å². The van der Waals surface area contributed by atoms with E-state index in [4.69, 9.17) is 9.84 Å². The highest BCUT2D eigenvalue weighted by Gasteiger charge is 2.35. The van der Waals surface area contributed by atoms with E-state index >= 15 is 0 Å². The van der Waals surface area contributed by atoms with E-state index in [9.17, 15) is 14.9 Å². The molecule has 4 aromatic rings. The summed E-state index contributed by atoms with van der Waals surface area (Å²) >= 11 is 0. The van der Waals surface area contributed by atoms with Gasteiger partial charge in [-0.05, 0) is 72.9 Å². The molecule has 0 fully saturated rings. The standard InChI is InChI=1S/C35H32N4O3/c1-23(2)22-42-32-16-15-27(17-24(32)3)33-28(21-39(37-33)29-13-9-6-10-14-29)18-30-25(4)31(19-36)35(41)38(34(30)40)20-26-11-7-5-8-12-26/h5-18,21,23H,20,22H2,1-4H3/b30-18+. The lowest BCUT2D eigenvalue weighted by atomic mass is 9.93. The Morgan fingerprint density at radius 1 is 0.952 bits per heavy atom. The molecule has 3 aromatic carbocycles. The Balaban J connectivity index is 1.62. The molecule has 7 nitrogen and oxygen atoms in total. The molecule has 0 N–H and O–H groups in total. The van der Waals surface area contributed by atoms with Crippen molar-refractivity contribution >= 4 is 17.9 Å². The van der Waals surface area contributed by atoms with Crippen LogP contribution in [0.1, 0.15) is 37.5 Å². The predicted octanol–water partition coefficient (Wildman–Crippen LogP) is 6.68. The lowest BCUT2D eigenvalue weighted by Gasteiger charge is -2.27. The highest BCUT2D eigenvalue weighted by atomic mass is 16.5. The van der Waals surface area contributed by atoms with E-state index in [1.54, 1.807) is 17.7 Å². The molecule has 0 spiro atoms. The van der Waals surface area contributed by atoms with E-state index in [1.165, 1.54) is 0 Å². The second-order valence-electron chi connectivity index (χ2n) is 10.8. The third-order valence-corrected chi connectivity index (χ3v) is 7.09. The van der Waals surface area contributed by atoms with Crippen molar-refractivity contribution in [2.75, 3.05) is 6.61 Å². The Morgan fingerprint density at radius 3 is 2.29 bits per heavy atom. The number of carbonyl (C=O) groups excluding carboxylic acids is 2. The number of rotatable bonds is 8. The number of imide groups is 1. The maximum absolute atomic E-state index is 13.8. The lowest BCUT2D eigenvalue weighted by molar-refractivity contribution is -0.141. The molecule has 0 saturated heterocycles. The highest BCUT2D eigenvalue weighted by Crippen LogP contribution is 2.33. The number of hydrogen-bond donors (Lipinski definition) is 0. The molecule has 0 aliphatic carbocycles. The molecule has 2 amide bonds. The van der Waals surface area contributed by atoms with Crippen LogP contribution in [-0.4, -0.2) is 33.1 Å². The molecule has 7 heteroatoms. The zero-order valence-electron chi connectivity index (χ0n) is 24.2. The van der Waals surface area contributed by atoms with E-state index in [1.807, 2.05) is 98.1 Å². The fourth-order valence-corrected chi connectivity index (χ4v) is 4.84. The first-order valence-electron chi connectivity index (χ1n) is 13.9. The maximum atomic E-state index is 13.8. The van der Waals surface area contributed by atoms with Crippen molar-refractivity contribution in [3.63, 3.8) is 0 Å². The summed E-state index contributed by atoms with van der Waals surface area (Å²) in [5, 5.41) is 14.8. The summed E-state index contributed by atoms with van der Waals surface area (Å²) in [6.45, 7) is 8.54. The second-order valence-corrected chi connectivity index (χ2v) is 10.8. The van der Waals surface area contributed by atoms with Gasteiger partial charge in [-0.15, -0.1) is 0 Å². The smallest absolute Gasteiger partial charge is 0.271 e.